The van der Waals surface area contributed by atoms with Gasteiger partial charge in [-0.2, -0.15) is 0 Å². The van der Waals surface area contributed by atoms with E-state index in [2.05, 4.69) is 5.32 Å². The van der Waals surface area contributed by atoms with Gasteiger partial charge in [0.05, 0.1) is 5.56 Å². The number of para-hydroxylation sites is 1. The van der Waals surface area contributed by atoms with E-state index in [1.165, 1.54) is 0 Å². The lowest BCUT2D eigenvalue weighted by Crippen LogP contribution is -2.21. The van der Waals surface area contributed by atoms with Crippen molar-refractivity contribution in [3.8, 4) is 5.75 Å². The van der Waals surface area contributed by atoms with E-state index in [0.717, 1.165) is 22.1 Å². The normalized spacial score (nSPS) is 10.5. The van der Waals surface area contributed by atoms with Gasteiger partial charge in [0, 0.05) is 11.1 Å². The molecule has 154 valence electrons. The standard InChI is InChI=1S/C26H21NO4/c28-25(27-24-12-6-8-20-7-4-5-11-23(20)24)18-31-26(29)21-15-13-19(14-16-21)17-30-22-9-2-1-3-10-22/h1-16H,17-18H2,(H,27,28). The molecule has 0 saturated carbocycles. The molecular formula is C26H21NO4. The van der Waals surface area contributed by atoms with Gasteiger partial charge in [-0.25, -0.2) is 4.79 Å². The first-order valence-electron chi connectivity index (χ1n) is 9.90. The van der Waals surface area contributed by atoms with Crippen molar-refractivity contribution in [2.24, 2.45) is 0 Å². The monoisotopic (exact) mass is 411 g/mol. The zero-order valence-electron chi connectivity index (χ0n) is 16.8. The minimum atomic E-state index is -0.552. The molecule has 0 spiro atoms. The van der Waals surface area contributed by atoms with E-state index in [4.69, 9.17) is 9.47 Å². The van der Waals surface area contributed by atoms with Gasteiger partial charge >= 0.3 is 5.97 Å². The molecule has 0 saturated heterocycles. The second-order valence-corrected chi connectivity index (χ2v) is 6.95. The zero-order chi connectivity index (χ0) is 21.5. The minimum absolute atomic E-state index is 0.360. The van der Waals surface area contributed by atoms with E-state index in [-0.39, 0.29) is 6.61 Å². The van der Waals surface area contributed by atoms with Crippen LogP contribution >= 0.6 is 0 Å². The molecule has 5 nitrogen and oxygen atoms in total. The average molecular weight is 411 g/mol. The topological polar surface area (TPSA) is 64.6 Å². The van der Waals surface area contributed by atoms with Crippen molar-refractivity contribution in [2.45, 2.75) is 6.61 Å². The van der Waals surface area contributed by atoms with E-state index in [9.17, 15) is 9.59 Å². The molecule has 0 aliphatic carbocycles. The zero-order valence-corrected chi connectivity index (χ0v) is 16.8. The number of rotatable bonds is 7. The number of hydrogen-bond acceptors (Lipinski definition) is 4. The van der Waals surface area contributed by atoms with Gasteiger partial charge in [-0.1, -0.05) is 66.7 Å². The van der Waals surface area contributed by atoms with Crippen molar-refractivity contribution in [3.05, 3.63) is 108 Å². The van der Waals surface area contributed by atoms with E-state index in [1.54, 1.807) is 24.3 Å². The van der Waals surface area contributed by atoms with Crippen molar-refractivity contribution >= 4 is 28.3 Å². The molecule has 4 aromatic carbocycles. The maximum Gasteiger partial charge on any atom is 0.338 e. The molecule has 0 heterocycles. The summed E-state index contributed by atoms with van der Waals surface area (Å²) in [5.74, 6) is -0.163. The summed E-state index contributed by atoms with van der Waals surface area (Å²) in [5.41, 5.74) is 1.98. The molecule has 1 amide bonds. The number of benzene rings is 4. The van der Waals surface area contributed by atoms with Crippen molar-refractivity contribution < 1.29 is 19.1 Å². The van der Waals surface area contributed by atoms with Crippen LogP contribution in [0.3, 0.4) is 0 Å². The molecule has 0 aromatic heterocycles. The van der Waals surface area contributed by atoms with Crippen LogP contribution in [0, 0.1) is 0 Å². The quantitative estimate of drug-likeness (QED) is 0.424. The lowest BCUT2D eigenvalue weighted by Gasteiger charge is -2.10. The first-order valence-corrected chi connectivity index (χ1v) is 9.90. The summed E-state index contributed by atoms with van der Waals surface area (Å²) in [6.45, 7) is 0.0354. The Hall–Kier alpha value is -4.12. The van der Waals surface area contributed by atoms with Gasteiger partial charge in [0.25, 0.3) is 5.91 Å². The number of carbonyl (C=O) groups is 2. The third-order valence-electron chi connectivity index (χ3n) is 4.74. The first-order chi connectivity index (χ1) is 15.2. The number of hydrogen-bond donors (Lipinski definition) is 1. The van der Waals surface area contributed by atoms with Crippen LogP contribution in [-0.4, -0.2) is 18.5 Å². The van der Waals surface area contributed by atoms with Gasteiger partial charge in [0.2, 0.25) is 0 Å². The summed E-state index contributed by atoms with van der Waals surface area (Å²) in [4.78, 5) is 24.5. The summed E-state index contributed by atoms with van der Waals surface area (Å²) >= 11 is 0. The molecule has 31 heavy (non-hydrogen) atoms. The SMILES string of the molecule is O=C(COC(=O)c1ccc(COc2ccccc2)cc1)Nc1cccc2ccccc12. The lowest BCUT2D eigenvalue weighted by molar-refractivity contribution is -0.119. The van der Waals surface area contributed by atoms with E-state index >= 15 is 0 Å². The van der Waals surface area contributed by atoms with E-state index in [1.807, 2.05) is 72.8 Å². The van der Waals surface area contributed by atoms with Gasteiger partial charge in [0.1, 0.15) is 12.4 Å². The van der Waals surface area contributed by atoms with Crippen LogP contribution in [0.5, 0.6) is 5.75 Å². The molecule has 0 aliphatic heterocycles. The Balaban J connectivity index is 1.29. The average Bonchev–Trinajstić information content (AvgIpc) is 2.82. The summed E-state index contributed by atoms with van der Waals surface area (Å²) in [6.07, 6.45) is 0. The van der Waals surface area contributed by atoms with Crippen LogP contribution in [0.2, 0.25) is 0 Å². The molecule has 5 heteroatoms. The summed E-state index contributed by atoms with van der Waals surface area (Å²) in [6, 6.07) is 29.8. The molecule has 0 radical (unpaired) electrons. The third kappa shape index (κ3) is 5.28. The predicted octanol–water partition coefficient (Wildman–Crippen LogP) is 5.21. The van der Waals surface area contributed by atoms with Crippen molar-refractivity contribution in [1.29, 1.82) is 0 Å². The molecule has 0 bridgehead atoms. The van der Waals surface area contributed by atoms with Crippen LogP contribution in [-0.2, 0) is 16.1 Å². The van der Waals surface area contributed by atoms with Crippen LogP contribution in [0.4, 0.5) is 5.69 Å². The third-order valence-corrected chi connectivity index (χ3v) is 4.74. The Morgan fingerprint density at radius 2 is 1.45 bits per heavy atom. The highest BCUT2D eigenvalue weighted by atomic mass is 16.5. The number of anilines is 1. The highest BCUT2D eigenvalue weighted by Crippen LogP contribution is 2.22. The van der Waals surface area contributed by atoms with Crippen LogP contribution in [0.15, 0.2) is 97.1 Å². The van der Waals surface area contributed by atoms with Gasteiger partial charge in [-0.3, -0.25) is 4.79 Å². The number of ether oxygens (including phenoxy) is 2. The van der Waals surface area contributed by atoms with Crippen LogP contribution in [0.1, 0.15) is 15.9 Å². The Morgan fingerprint density at radius 1 is 0.742 bits per heavy atom. The van der Waals surface area contributed by atoms with E-state index < -0.39 is 11.9 Å². The Bertz CT molecular complexity index is 1180. The Morgan fingerprint density at radius 3 is 2.26 bits per heavy atom. The number of amides is 1. The summed E-state index contributed by atoms with van der Waals surface area (Å²) in [7, 11) is 0. The molecule has 4 aromatic rings. The maximum absolute atomic E-state index is 12.3. The molecule has 0 fully saturated rings. The summed E-state index contributed by atoms with van der Waals surface area (Å²) < 4.78 is 10.9. The second-order valence-electron chi connectivity index (χ2n) is 6.95. The lowest BCUT2D eigenvalue weighted by atomic mass is 10.1. The van der Waals surface area contributed by atoms with Gasteiger partial charge in [-0.05, 0) is 41.3 Å². The number of fused-ring (bicyclic) bond motifs is 1. The molecular weight excluding hydrogens is 390 g/mol. The number of esters is 1. The fraction of sp³-hybridized carbons (Fsp3) is 0.0769. The highest BCUT2D eigenvalue weighted by Gasteiger charge is 2.11. The van der Waals surface area contributed by atoms with Crippen molar-refractivity contribution in [1.82, 2.24) is 0 Å². The van der Waals surface area contributed by atoms with Gasteiger partial charge in [0.15, 0.2) is 6.61 Å². The number of carbonyl (C=O) groups excluding carboxylic acids is 2. The smallest absolute Gasteiger partial charge is 0.338 e. The Kier molecular flexibility index (Phi) is 6.24. The fourth-order valence-electron chi connectivity index (χ4n) is 3.16. The van der Waals surface area contributed by atoms with Gasteiger partial charge < -0.3 is 14.8 Å². The van der Waals surface area contributed by atoms with Gasteiger partial charge in [-0.15, -0.1) is 0 Å². The largest absolute Gasteiger partial charge is 0.489 e. The molecule has 0 unspecified atom stereocenters. The fourth-order valence-corrected chi connectivity index (χ4v) is 3.16. The molecule has 0 aliphatic rings. The predicted molar refractivity (Wildman–Crippen MR) is 120 cm³/mol. The van der Waals surface area contributed by atoms with Crippen molar-refractivity contribution in [2.75, 3.05) is 11.9 Å². The highest BCUT2D eigenvalue weighted by molar-refractivity contribution is 6.03. The van der Waals surface area contributed by atoms with Crippen LogP contribution in [0.25, 0.3) is 10.8 Å². The first kappa shape index (κ1) is 20.2. The maximum atomic E-state index is 12.3. The second kappa shape index (κ2) is 9.59. The molecule has 0 atom stereocenters. The Labute approximate surface area is 180 Å². The molecule has 1 N–H and O–H groups in total. The summed E-state index contributed by atoms with van der Waals surface area (Å²) in [5, 5.41) is 4.75. The van der Waals surface area contributed by atoms with Crippen LogP contribution < -0.4 is 10.1 Å². The van der Waals surface area contributed by atoms with E-state index in [0.29, 0.717) is 17.9 Å². The minimum Gasteiger partial charge on any atom is -0.489 e. The van der Waals surface area contributed by atoms with Crippen molar-refractivity contribution in [3.63, 3.8) is 0 Å². The number of nitrogens with one attached hydrogen (secondary N) is 1. The molecule has 4 rings (SSSR count).